The Balaban J connectivity index is 2.44. The SMILES string of the molecule is CCCCC#CC#CCNC(=O)c1ccc(C(=O)NOCN)cc1. The molecule has 1 aromatic carbocycles. The fourth-order valence-electron chi connectivity index (χ4n) is 1.63. The largest absolute Gasteiger partial charge is 0.341 e. The highest BCUT2D eigenvalue weighted by atomic mass is 16.7. The van der Waals surface area contributed by atoms with Crippen molar-refractivity contribution in [2.45, 2.75) is 26.2 Å². The molecule has 1 aromatic rings. The molecule has 0 aliphatic rings. The van der Waals surface area contributed by atoms with E-state index in [9.17, 15) is 9.59 Å². The van der Waals surface area contributed by atoms with E-state index >= 15 is 0 Å². The quantitative estimate of drug-likeness (QED) is 0.303. The van der Waals surface area contributed by atoms with Crippen LogP contribution in [0.1, 0.15) is 46.9 Å². The summed E-state index contributed by atoms with van der Waals surface area (Å²) < 4.78 is 0. The smallest absolute Gasteiger partial charge is 0.274 e. The summed E-state index contributed by atoms with van der Waals surface area (Å²) in [6, 6.07) is 6.14. The molecule has 4 N–H and O–H groups in total. The Bertz CT molecular complexity index is 661. The highest BCUT2D eigenvalue weighted by Crippen LogP contribution is 2.04. The van der Waals surface area contributed by atoms with Crippen LogP contribution in [0, 0.1) is 23.7 Å². The highest BCUT2D eigenvalue weighted by molar-refractivity contribution is 5.97. The van der Waals surface area contributed by atoms with Gasteiger partial charge in [-0.05, 0) is 42.5 Å². The fraction of sp³-hybridized carbons (Fsp3) is 0.333. The molecule has 0 aromatic heterocycles. The van der Waals surface area contributed by atoms with Gasteiger partial charge in [-0.25, -0.2) is 5.48 Å². The van der Waals surface area contributed by atoms with Crippen molar-refractivity contribution < 1.29 is 14.4 Å². The average molecular weight is 327 g/mol. The Kier molecular flexibility index (Phi) is 9.40. The molecule has 0 radical (unpaired) electrons. The Morgan fingerprint density at radius 2 is 1.71 bits per heavy atom. The van der Waals surface area contributed by atoms with E-state index in [4.69, 9.17) is 5.73 Å². The van der Waals surface area contributed by atoms with Gasteiger partial charge < -0.3 is 11.1 Å². The normalized spacial score (nSPS) is 9.08. The van der Waals surface area contributed by atoms with Crippen molar-refractivity contribution >= 4 is 11.8 Å². The topological polar surface area (TPSA) is 93.5 Å². The predicted octanol–water partition coefficient (Wildman–Crippen LogP) is 1.19. The van der Waals surface area contributed by atoms with Crippen molar-refractivity contribution in [3.8, 4) is 23.7 Å². The summed E-state index contributed by atoms with van der Waals surface area (Å²) in [4.78, 5) is 28.1. The molecular formula is C18H21N3O3. The zero-order valence-corrected chi connectivity index (χ0v) is 13.6. The van der Waals surface area contributed by atoms with Gasteiger partial charge in [0.2, 0.25) is 0 Å². The molecule has 6 heteroatoms. The van der Waals surface area contributed by atoms with Gasteiger partial charge in [0.15, 0.2) is 0 Å². The lowest BCUT2D eigenvalue weighted by atomic mass is 10.1. The van der Waals surface area contributed by atoms with Crippen LogP contribution in [0.25, 0.3) is 0 Å². The van der Waals surface area contributed by atoms with Gasteiger partial charge in [0.25, 0.3) is 11.8 Å². The van der Waals surface area contributed by atoms with Crippen LogP contribution in [0.4, 0.5) is 0 Å². The molecule has 0 unspecified atom stereocenters. The number of carbonyl (C=O) groups excluding carboxylic acids is 2. The maximum absolute atomic E-state index is 11.9. The molecule has 0 saturated carbocycles. The Hall–Kier alpha value is -2.80. The number of hydrogen-bond donors (Lipinski definition) is 3. The number of hydroxylamine groups is 1. The first kappa shape index (κ1) is 19.2. The Morgan fingerprint density at radius 3 is 2.33 bits per heavy atom. The number of rotatable bonds is 7. The third-order valence-electron chi connectivity index (χ3n) is 2.89. The summed E-state index contributed by atoms with van der Waals surface area (Å²) in [5.41, 5.74) is 8.07. The summed E-state index contributed by atoms with van der Waals surface area (Å²) in [6.45, 7) is 2.21. The lowest BCUT2D eigenvalue weighted by Crippen LogP contribution is -2.27. The van der Waals surface area contributed by atoms with E-state index in [1.54, 1.807) is 12.1 Å². The molecular weight excluding hydrogens is 306 g/mol. The van der Waals surface area contributed by atoms with Crippen LogP contribution in [0.5, 0.6) is 0 Å². The maximum atomic E-state index is 11.9. The van der Waals surface area contributed by atoms with Crippen molar-refractivity contribution in [2.24, 2.45) is 5.73 Å². The zero-order valence-electron chi connectivity index (χ0n) is 13.6. The van der Waals surface area contributed by atoms with Crippen LogP contribution in [0.2, 0.25) is 0 Å². The lowest BCUT2D eigenvalue weighted by Gasteiger charge is -2.05. The number of unbranched alkanes of at least 4 members (excludes halogenated alkanes) is 2. The summed E-state index contributed by atoms with van der Waals surface area (Å²) >= 11 is 0. The van der Waals surface area contributed by atoms with Crippen molar-refractivity contribution in [2.75, 3.05) is 13.3 Å². The van der Waals surface area contributed by atoms with E-state index in [-0.39, 0.29) is 19.2 Å². The van der Waals surface area contributed by atoms with Gasteiger partial charge in [0, 0.05) is 17.5 Å². The molecule has 1 rings (SSSR count). The molecule has 0 spiro atoms. The van der Waals surface area contributed by atoms with Gasteiger partial charge >= 0.3 is 0 Å². The molecule has 6 nitrogen and oxygen atoms in total. The van der Waals surface area contributed by atoms with E-state index in [0.717, 1.165) is 19.3 Å². The second-order valence-electron chi connectivity index (χ2n) is 4.71. The fourth-order valence-corrected chi connectivity index (χ4v) is 1.63. The molecule has 0 atom stereocenters. The monoisotopic (exact) mass is 327 g/mol. The van der Waals surface area contributed by atoms with Gasteiger partial charge in [0.05, 0.1) is 6.54 Å². The van der Waals surface area contributed by atoms with Crippen LogP contribution >= 0.6 is 0 Å². The molecule has 0 bridgehead atoms. The lowest BCUT2D eigenvalue weighted by molar-refractivity contribution is 0.0337. The minimum atomic E-state index is -0.431. The van der Waals surface area contributed by atoms with Crippen LogP contribution in [0.15, 0.2) is 24.3 Å². The third kappa shape index (κ3) is 7.46. The van der Waals surface area contributed by atoms with Crippen molar-refractivity contribution in [3.63, 3.8) is 0 Å². The van der Waals surface area contributed by atoms with Crippen LogP contribution in [-0.2, 0) is 4.84 Å². The van der Waals surface area contributed by atoms with E-state index in [1.165, 1.54) is 12.1 Å². The van der Waals surface area contributed by atoms with Gasteiger partial charge in [-0.2, -0.15) is 0 Å². The summed E-state index contributed by atoms with van der Waals surface area (Å²) in [5, 5.41) is 2.66. The van der Waals surface area contributed by atoms with Crippen molar-refractivity contribution in [1.29, 1.82) is 0 Å². The standard InChI is InChI=1S/C18H21N3O3/c1-2-3-4-5-6-7-8-13-20-17(22)15-9-11-16(12-10-15)18(23)21-24-14-19/h9-12H,2-4,13-14,19H2,1H3,(H,20,22)(H,21,23). The first-order valence-corrected chi connectivity index (χ1v) is 7.65. The summed E-state index contributed by atoms with van der Waals surface area (Å²) in [6.07, 6.45) is 3.02. The molecule has 0 aliphatic carbocycles. The number of nitrogens with one attached hydrogen (secondary N) is 2. The van der Waals surface area contributed by atoms with Crippen molar-refractivity contribution in [1.82, 2.24) is 10.8 Å². The van der Waals surface area contributed by atoms with Gasteiger partial charge in [-0.3, -0.25) is 14.4 Å². The molecule has 2 amide bonds. The molecule has 0 saturated heterocycles. The average Bonchev–Trinajstić information content (AvgIpc) is 2.61. The summed E-state index contributed by atoms with van der Waals surface area (Å²) in [7, 11) is 0. The van der Waals surface area contributed by atoms with Crippen LogP contribution in [-0.4, -0.2) is 25.1 Å². The number of amides is 2. The first-order chi connectivity index (χ1) is 11.7. The predicted molar refractivity (Wildman–Crippen MR) is 91.5 cm³/mol. The Labute approximate surface area is 142 Å². The van der Waals surface area contributed by atoms with E-state index in [1.807, 2.05) is 0 Å². The van der Waals surface area contributed by atoms with Crippen molar-refractivity contribution in [3.05, 3.63) is 35.4 Å². The minimum absolute atomic E-state index is 0.115. The highest BCUT2D eigenvalue weighted by Gasteiger charge is 2.08. The van der Waals surface area contributed by atoms with Crippen LogP contribution in [0.3, 0.4) is 0 Å². The second-order valence-corrected chi connectivity index (χ2v) is 4.71. The molecule has 0 aliphatic heterocycles. The number of nitrogens with two attached hydrogens (primary N) is 1. The maximum Gasteiger partial charge on any atom is 0.274 e. The molecule has 126 valence electrons. The Morgan fingerprint density at radius 1 is 1.08 bits per heavy atom. The molecule has 0 heterocycles. The van der Waals surface area contributed by atoms with Gasteiger partial charge in [0.1, 0.15) is 6.73 Å². The van der Waals surface area contributed by atoms with Gasteiger partial charge in [-0.15, -0.1) is 0 Å². The first-order valence-electron chi connectivity index (χ1n) is 7.65. The number of carbonyl (C=O) groups is 2. The second kappa shape index (κ2) is 11.7. The summed E-state index contributed by atoms with van der Waals surface area (Å²) in [5.74, 6) is 10.4. The van der Waals surface area contributed by atoms with E-state index in [2.05, 4.69) is 46.2 Å². The third-order valence-corrected chi connectivity index (χ3v) is 2.89. The molecule has 0 fully saturated rings. The zero-order chi connectivity index (χ0) is 17.6. The van der Waals surface area contributed by atoms with Gasteiger partial charge in [-0.1, -0.05) is 25.2 Å². The number of benzene rings is 1. The van der Waals surface area contributed by atoms with E-state index < -0.39 is 5.91 Å². The van der Waals surface area contributed by atoms with E-state index in [0.29, 0.717) is 11.1 Å². The van der Waals surface area contributed by atoms with Crippen LogP contribution < -0.4 is 16.5 Å². The molecule has 24 heavy (non-hydrogen) atoms. The number of hydrogen-bond acceptors (Lipinski definition) is 4. The minimum Gasteiger partial charge on any atom is -0.341 e.